The molecular weight excluding hydrogens is 431 g/mol. The molecule has 0 bridgehead atoms. The fraction of sp³-hybridized carbons (Fsp3) is 0.679. The van der Waals surface area contributed by atoms with Crippen molar-refractivity contribution in [2.45, 2.75) is 83.2 Å². The van der Waals surface area contributed by atoms with Crippen molar-refractivity contribution in [3.63, 3.8) is 0 Å². The van der Waals surface area contributed by atoms with Gasteiger partial charge in [-0.3, -0.25) is 9.59 Å². The summed E-state index contributed by atoms with van der Waals surface area (Å²) in [6, 6.07) is 5.92. The number of hydrogen-bond donors (Lipinski definition) is 1. The highest BCUT2D eigenvalue weighted by molar-refractivity contribution is 5.98. The Morgan fingerprint density at radius 2 is 1.56 bits per heavy atom. The zero-order valence-corrected chi connectivity index (χ0v) is 20.3. The summed E-state index contributed by atoms with van der Waals surface area (Å²) in [5.74, 6) is 1.01. The Balaban J connectivity index is 1.12. The quantitative estimate of drug-likeness (QED) is 0.556. The molecule has 3 aliphatic rings. The zero-order valence-electron chi connectivity index (χ0n) is 20.3. The van der Waals surface area contributed by atoms with E-state index in [4.69, 9.17) is 0 Å². The second-order valence-electron chi connectivity index (χ2n) is 10.7. The number of aliphatic hydroxyl groups excluding tert-OH is 1. The van der Waals surface area contributed by atoms with Gasteiger partial charge in [-0.05, 0) is 126 Å². The Hall–Kier alpha value is -1.92. The van der Waals surface area contributed by atoms with Gasteiger partial charge >= 0.3 is 0 Å². The number of benzene rings is 1. The lowest BCUT2D eigenvalue weighted by atomic mass is 9.84. The van der Waals surface area contributed by atoms with Crippen molar-refractivity contribution in [2.75, 3.05) is 19.6 Å². The molecular formula is C28H39FN2O3. The number of halogens is 1. The van der Waals surface area contributed by atoms with E-state index in [9.17, 15) is 19.1 Å². The Bertz CT molecular complexity index is 843. The van der Waals surface area contributed by atoms with Crippen molar-refractivity contribution in [2.24, 2.45) is 22.7 Å². The fourth-order valence-corrected chi connectivity index (χ4v) is 5.86. The van der Waals surface area contributed by atoms with Crippen molar-refractivity contribution in [1.82, 2.24) is 4.90 Å². The molecule has 0 aromatic heterocycles. The van der Waals surface area contributed by atoms with Gasteiger partial charge in [-0.2, -0.15) is 0 Å². The Kier molecular flexibility index (Phi) is 9.01. The third-order valence-corrected chi connectivity index (χ3v) is 8.19. The van der Waals surface area contributed by atoms with Crippen LogP contribution in [0.15, 0.2) is 29.3 Å². The second kappa shape index (κ2) is 12.2. The Morgan fingerprint density at radius 3 is 2.21 bits per heavy atom. The van der Waals surface area contributed by atoms with E-state index in [-0.39, 0.29) is 29.5 Å². The normalized spacial score (nSPS) is 26.9. The SMILES string of the molecule is O=C(CC1CCC(O)CC1)N=C1CCC(CCN2CCC(C(=O)c3ccc(F)cc3)CC2)CC1. The molecule has 1 saturated heterocycles. The zero-order chi connectivity index (χ0) is 23.9. The van der Waals surface area contributed by atoms with Crippen LogP contribution in [0.1, 0.15) is 87.4 Å². The monoisotopic (exact) mass is 470 g/mol. The number of likely N-dealkylation sites (tertiary alicyclic amines) is 1. The molecule has 1 aliphatic heterocycles. The number of ketones is 1. The molecule has 5 nitrogen and oxygen atoms in total. The average molecular weight is 471 g/mol. The number of nitrogens with zero attached hydrogens (tertiary/aromatic N) is 2. The van der Waals surface area contributed by atoms with Crippen LogP contribution in [0.2, 0.25) is 0 Å². The summed E-state index contributed by atoms with van der Waals surface area (Å²) in [5, 5.41) is 9.62. The smallest absolute Gasteiger partial charge is 0.245 e. The van der Waals surface area contributed by atoms with Gasteiger partial charge in [0.1, 0.15) is 5.82 Å². The highest BCUT2D eigenvalue weighted by Gasteiger charge is 2.27. The van der Waals surface area contributed by atoms with Crippen LogP contribution in [0.3, 0.4) is 0 Å². The van der Waals surface area contributed by atoms with E-state index in [0.29, 0.717) is 23.8 Å². The first kappa shape index (κ1) is 25.2. The Labute approximate surface area is 202 Å². The summed E-state index contributed by atoms with van der Waals surface area (Å²) < 4.78 is 13.1. The molecule has 6 heteroatoms. The van der Waals surface area contributed by atoms with Crippen LogP contribution in [0.4, 0.5) is 4.39 Å². The molecule has 0 unspecified atom stereocenters. The molecule has 2 saturated carbocycles. The predicted octanol–water partition coefficient (Wildman–Crippen LogP) is 5.21. The van der Waals surface area contributed by atoms with E-state index < -0.39 is 0 Å². The van der Waals surface area contributed by atoms with Gasteiger partial charge in [0.2, 0.25) is 5.91 Å². The van der Waals surface area contributed by atoms with Gasteiger partial charge in [-0.25, -0.2) is 9.38 Å². The molecule has 2 aliphatic carbocycles. The van der Waals surface area contributed by atoms with E-state index >= 15 is 0 Å². The number of aliphatic imine (C=N–C) groups is 1. The van der Waals surface area contributed by atoms with Crippen molar-refractivity contribution < 1.29 is 19.1 Å². The summed E-state index contributed by atoms with van der Waals surface area (Å²) in [4.78, 5) is 31.9. The number of rotatable bonds is 7. The van der Waals surface area contributed by atoms with E-state index in [0.717, 1.165) is 89.6 Å². The molecule has 3 fully saturated rings. The topological polar surface area (TPSA) is 70.0 Å². The van der Waals surface area contributed by atoms with Gasteiger partial charge < -0.3 is 10.0 Å². The van der Waals surface area contributed by atoms with Crippen LogP contribution in [0, 0.1) is 23.6 Å². The van der Waals surface area contributed by atoms with Crippen molar-refractivity contribution in [3.05, 3.63) is 35.6 Å². The lowest BCUT2D eigenvalue weighted by Gasteiger charge is -2.33. The molecule has 186 valence electrons. The molecule has 0 atom stereocenters. The van der Waals surface area contributed by atoms with Gasteiger partial charge in [0.15, 0.2) is 5.78 Å². The number of Topliss-reactive ketones (excluding diaryl/α,β-unsaturated/α-hetero) is 1. The summed E-state index contributed by atoms with van der Waals surface area (Å²) in [6.45, 7) is 2.97. The standard InChI is InChI=1S/C28H39FN2O3/c29-24-7-5-22(6-8-24)28(34)23-14-17-31(18-15-23)16-13-20-1-9-25(10-2-20)30-27(33)19-21-3-11-26(32)12-4-21/h5-8,20-21,23,26,32H,1-4,9-19H2. The molecule has 1 aromatic rings. The van der Waals surface area contributed by atoms with Gasteiger partial charge in [-0.15, -0.1) is 0 Å². The van der Waals surface area contributed by atoms with E-state index in [1.165, 1.54) is 18.6 Å². The minimum absolute atomic E-state index is 0.0351. The van der Waals surface area contributed by atoms with Crippen molar-refractivity contribution >= 4 is 17.4 Å². The third-order valence-electron chi connectivity index (χ3n) is 8.19. The third kappa shape index (κ3) is 7.29. The summed E-state index contributed by atoms with van der Waals surface area (Å²) >= 11 is 0. The van der Waals surface area contributed by atoms with Crippen LogP contribution in [0.25, 0.3) is 0 Å². The molecule has 0 radical (unpaired) electrons. The number of amides is 1. The molecule has 1 amide bonds. The largest absolute Gasteiger partial charge is 0.393 e. The van der Waals surface area contributed by atoms with Gasteiger partial charge in [-0.1, -0.05) is 0 Å². The molecule has 0 spiro atoms. The van der Waals surface area contributed by atoms with E-state index in [2.05, 4.69) is 9.89 Å². The maximum atomic E-state index is 13.1. The first-order valence-electron chi connectivity index (χ1n) is 13.3. The van der Waals surface area contributed by atoms with E-state index in [1.54, 1.807) is 12.1 Å². The van der Waals surface area contributed by atoms with Crippen LogP contribution >= 0.6 is 0 Å². The average Bonchev–Trinajstić information content (AvgIpc) is 2.85. The van der Waals surface area contributed by atoms with Gasteiger partial charge in [0, 0.05) is 23.6 Å². The van der Waals surface area contributed by atoms with Crippen molar-refractivity contribution in [1.29, 1.82) is 0 Å². The van der Waals surface area contributed by atoms with Gasteiger partial charge in [0.05, 0.1) is 6.10 Å². The maximum absolute atomic E-state index is 13.1. The molecule has 4 rings (SSSR count). The van der Waals surface area contributed by atoms with Crippen LogP contribution < -0.4 is 0 Å². The van der Waals surface area contributed by atoms with Gasteiger partial charge in [0.25, 0.3) is 0 Å². The first-order valence-corrected chi connectivity index (χ1v) is 13.3. The number of piperidine rings is 1. The van der Waals surface area contributed by atoms with Crippen molar-refractivity contribution in [3.8, 4) is 0 Å². The lowest BCUT2D eigenvalue weighted by molar-refractivity contribution is -0.119. The Morgan fingerprint density at radius 1 is 0.912 bits per heavy atom. The lowest BCUT2D eigenvalue weighted by Crippen LogP contribution is -2.37. The molecule has 1 heterocycles. The highest BCUT2D eigenvalue weighted by atomic mass is 19.1. The molecule has 34 heavy (non-hydrogen) atoms. The predicted molar refractivity (Wildman–Crippen MR) is 131 cm³/mol. The maximum Gasteiger partial charge on any atom is 0.245 e. The second-order valence-corrected chi connectivity index (χ2v) is 10.7. The minimum Gasteiger partial charge on any atom is -0.393 e. The number of carbonyl (C=O) groups excluding carboxylic acids is 2. The molecule has 1 N–H and O–H groups in total. The number of carbonyl (C=O) groups is 2. The fourth-order valence-electron chi connectivity index (χ4n) is 5.86. The highest BCUT2D eigenvalue weighted by Crippen LogP contribution is 2.29. The summed E-state index contributed by atoms with van der Waals surface area (Å²) in [6.07, 6.45) is 10.9. The van der Waals surface area contributed by atoms with E-state index in [1.807, 2.05) is 0 Å². The van der Waals surface area contributed by atoms with Crippen LogP contribution in [0.5, 0.6) is 0 Å². The minimum atomic E-state index is -0.306. The van der Waals surface area contributed by atoms with Crippen LogP contribution in [-0.2, 0) is 4.79 Å². The number of aliphatic hydroxyl groups is 1. The number of hydrogen-bond acceptors (Lipinski definition) is 4. The van der Waals surface area contributed by atoms with Crippen LogP contribution in [-0.4, -0.2) is 53.1 Å². The first-order chi connectivity index (χ1) is 16.5. The summed E-state index contributed by atoms with van der Waals surface area (Å²) in [7, 11) is 0. The molecule has 1 aromatic carbocycles. The summed E-state index contributed by atoms with van der Waals surface area (Å²) in [5.41, 5.74) is 1.70.